The van der Waals surface area contributed by atoms with Crippen molar-refractivity contribution >= 4 is 34.9 Å². The van der Waals surface area contributed by atoms with Crippen molar-refractivity contribution in [3.8, 4) is 0 Å². The maximum absolute atomic E-state index is 12.4. The molecule has 1 fully saturated rings. The number of unbranched alkanes of at least 4 members (excludes halogenated alkanes) is 1. The SMILES string of the molecule is CCCCNC(=O)CN1C(=O)S/C(=C\c2cc(C)n(C)c2C)C1=O. The molecule has 0 radical (unpaired) electrons. The summed E-state index contributed by atoms with van der Waals surface area (Å²) in [4.78, 5) is 37.7. The van der Waals surface area contributed by atoms with Crippen molar-refractivity contribution in [2.45, 2.75) is 33.6 Å². The summed E-state index contributed by atoms with van der Waals surface area (Å²) in [7, 11) is 1.95. The smallest absolute Gasteiger partial charge is 0.294 e. The topological polar surface area (TPSA) is 71.4 Å². The molecule has 0 atom stereocenters. The van der Waals surface area contributed by atoms with Crippen LogP contribution in [0.3, 0.4) is 0 Å². The molecule has 0 bridgehead atoms. The largest absolute Gasteiger partial charge is 0.355 e. The van der Waals surface area contributed by atoms with Crippen LogP contribution in [0.5, 0.6) is 0 Å². The minimum absolute atomic E-state index is 0.224. The van der Waals surface area contributed by atoms with Gasteiger partial charge in [-0.1, -0.05) is 13.3 Å². The number of amides is 3. The Morgan fingerprint density at radius 1 is 1.33 bits per heavy atom. The first-order chi connectivity index (χ1) is 11.3. The Labute approximate surface area is 146 Å². The van der Waals surface area contributed by atoms with Crippen LogP contribution in [0.2, 0.25) is 0 Å². The average molecular weight is 349 g/mol. The van der Waals surface area contributed by atoms with E-state index in [-0.39, 0.29) is 12.5 Å². The van der Waals surface area contributed by atoms with Crippen LogP contribution in [0.25, 0.3) is 6.08 Å². The zero-order chi connectivity index (χ0) is 17.9. The first-order valence-corrected chi connectivity index (χ1v) is 8.81. The highest BCUT2D eigenvalue weighted by molar-refractivity contribution is 8.18. The first kappa shape index (κ1) is 18.3. The zero-order valence-electron chi connectivity index (χ0n) is 14.5. The van der Waals surface area contributed by atoms with Gasteiger partial charge in [-0.15, -0.1) is 0 Å². The standard InChI is InChI=1S/C17H23N3O3S/c1-5-6-7-18-15(21)10-20-16(22)14(24-17(20)23)9-13-8-11(2)19(4)12(13)3/h8-9H,5-7,10H2,1-4H3,(H,18,21)/b14-9-. The predicted molar refractivity (Wildman–Crippen MR) is 95.5 cm³/mol. The first-order valence-electron chi connectivity index (χ1n) is 8.00. The maximum Gasteiger partial charge on any atom is 0.294 e. The Morgan fingerprint density at radius 3 is 2.62 bits per heavy atom. The lowest BCUT2D eigenvalue weighted by Gasteiger charge is -2.12. The van der Waals surface area contributed by atoms with Crippen molar-refractivity contribution in [1.82, 2.24) is 14.8 Å². The molecular weight excluding hydrogens is 326 g/mol. The molecule has 2 rings (SSSR count). The summed E-state index contributed by atoms with van der Waals surface area (Å²) in [5, 5.41) is 2.32. The fourth-order valence-corrected chi connectivity index (χ4v) is 3.24. The summed E-state index contributed by atoms with van der Waals surface area (Å²) >= 11 is 0.880. The van der Waals surface area contributed by atoms with Crippen LogP contribution in [0.1, 0.15) is 36.7 Å². The minimum Gasteiger partial charge on any atom is -0.355 e. The van der Waals surface area contributed by atoms with Crippen LogP contribution in [0.4, 0.5) is 4.79 Å². The normalized spacial score (nSPS) is 16.3. The molecule has 0 unspecified atom stereocenters. The summed E-state index contributed by atoms with van der Waals surface area (Å²) in [6.07, 6.45) is 3.57. The number of nitrogens with one attached hydrogen (secondary N) is 1. The summed E-state index contributed by atoms with van der Waals surface area (Å²) < 4.78 is 2.03. The van der Waals surface area contributed by atoms with Gasteiger partial charge < -0.3 is 9.88 Å². The van der Waals surface area contributed by atoms with Crippen LogP contribution in [-0.4, -0.2) is 39.6 Å². The molecule has 24 heavy (non-hydrogen) atoms. The van der Waals surface area contributed by atoms with Crippen LogP contribution < -0.4 is 5.32 Å². The highest BCUT2D eigenvalue weighted by atomic mass is 32.2. The van der Waals surface area contributed by atoms with E-state index in [0.717, 1.165) is 46.5 Å². The number of hydrogen-bond donors (Lipinski definition) is 1. The van der Waals surface area contributed by atoms with Crippen molar-refractivity contribution in [3.63, 3.8) is 0 Å². The third kappa shape index (κ3) is 3.90. The number of rotatable bonds is 6. The van der Waals surface area contributed by atoms with Gasteiger partial charge in [0.2, 0.25) is 5.91 Å². The van der Waals surface area contributed by atoms with Crippen molar-refractivity contribution < 1.29 is 14.4 Å². The monoisotopic (exact) mass is 349 g/mol. The number of aromatic nitrogens is 1. The molecule has 6 nitrogen and oxygen atoms in total. The number of aryl methyl sites for hydroxylation is 1. The Kier molecular flexibility index (Phi) is 5.88. The molecular formula is C17H23N3O3S. The fourth-order valence-electron chi connectivity index (χ4n) is 2.41. The molecule has 7 heteroatoms. The van der Waals surface area contributed by atoms with Crippen molar-refractivity contribution in [3.05, 3.63) is 27.9 Å². The second-order valence-electron chi connectivity index (χ2n) is 5.86. The maximum atomic E-state index is 12.4. The van der Waals surface area contributed by atoms with Crippen molar-refractivity contribution in [2.75, 3.05) is 13.1 Å². The van der Waals surface area contributed by atoms with E-state index in [1.54, 1.807) is 6.08 Å². The number of nitrogens with zero attached hydrogens (tertiary/aromatic N) is 2. The van der Waals surface area contributed by atoms with Gasteiger partial charge in [0.1, 0.15) is 6.54 Å². The molecule has 0 saturated carbocycles. The van der Waals surface area contributed by atoms with E-state index in [2.05, 4.69) is 5.32 Å². The van der Waals surface area contributed by atoms with Gasteiger partial charge in [0.25, 0.3) is 11.1 Å². The van der Waals surface area contributed by atoms with Gasteiger partial charge in [0, 0.05) is 25.0 Å². The summed E-state index contributed by atoms with van der Waals surface area (Å²) in [6, 6.07) is 1.97. The highest BCUT2D eigenvalue weighted by Gasteiger charge is 2.36. The summed E-state index contributed by atoms with van der Waals surface area (Å²) in [5.41, 5.74) is 3.01. The molecule has 3 amide bonds. The van der Waals surface area contributed by atoms with Gasteiger partial charge in [-0.05, 0) is 49.7 Å². The third-order valence-corrected chi connectivity index (χ3v) is 5.04. The predicted octanol–water partition coefficient (Wildman–Crippen LogP) is 2.59. The molecule has 1 N–H and O–H groups in total. The van der Waals surface area contributed by atoms with Gasteiger partial charge in [-0.3, -0.25) is 19.3 Å². The third-order valence-electron chi connectivity index (χ3n) is 4.13. The number of carbonyl (C=O) groups excluding carboxylic acids is 3. The van der Waals surface area contributed by atoms with E-state index < -0.39 is 11.1 Å². The van der Waals surface area contributed by atoms with Gasteiger partial charge in [-0.25, -0.2) is 0 Å². The fraction of sp³-hybridized carbons (Fsp3) is 0.471. The molecule has 2 heterocycles. The van der Waals surface area contributed by atoms with E-state index in [1.165, 1.54) is 0 Å². The Hall–Kier alpha value is -2.02. The van der Waals surface area contributed by atoms with E-state index in [9.17, 15) is 14.4 Å². The summed E-state index contributed by atoms with van der Waals surface area (Å²) in [5.74, 6) is -0.713. The lowest BCUT2D eigenvalue weighted by atomic mass is 10.2. The number of carbonyl (C=O) groups is 3. The van der Waals surface area contributed by atoms with Crippen molar-refractivity contribution in [1.29, 1.82) is 0 Å². The molecule has 0 aromatic carbocycles. The number of thioether (sulfide) groups is 1. The van der Waals surface area contributed by atoms with Crippen molar-refractivity contribution in [2.24, 2.45) is 7.05 Å². The van der Waals surface area contributed by atoms with Crippen LogP contribution in [-0.2, 0) is 16.6 Å². The minimum atomic E-state index is -0.406. The second kappa shape index (κ2) is 7.70. The molecule has 1 saturated heterocycles. The van der Waals surface area contributed by atoms with Crippen LogP contribution >= 0.6 is 11.8 Å². The van der Waals surface area contributed by atoms with Crippen LogP contribution in [0.15, 0.2) is 11.0 Å². The van der Waals surface area contributed by atoms with Gasteiger partial charge in [0.05, 0.1) is 4.91 Å². The lowest BCUT2D eigenvalue weighted by Crippen LogP contribution is -2.39. The van der Waals surface area contributed by atoms with Gasteiger partial charge in [-0.2, -0.15) is 0 Å². The average Bonchev–Trinajstić information content (AvgIpc) is 2.93. The van der Waals surface area contributed by atoms with Gasteiger partial charge in [0.15, 0.2) is 0 Å². The van der Waals surface area contributed by atoms with E-state index in [0.29, 0.717) is 11.4 Å². The quantitative estimate of drug-likeness (QED) is 0.633. The molecule has 130 valence electrons. The molecule has 1 aromatic heterocycles. The lowest BCUT2D eigenvalue weighted by molar-refractivity contribution is -0.129. The molecule has 1 aliphatic heterocycles. The Bertz CT molecular complexity index is 706. The molecule has 0 aliphatic carbocycles. The number of hydrogen-bond acceptors (Lipinski definition) is 4. The summed E-state index contributed by atoms with van der Waals surface area (Å²) in [6.45, 7) is 6.31. The Balaban J connectivity index is 2.09. The van der Waals surface area contributed by atoms with E-state index in [1.807, 2.05) is 38.5 Å². The highest BCUT2D eigenvalue weighted by Crippen LogP contribution is 2.32. The Morgan fingerprint density at radius 2 is 2.04 bits per heavy atom. The van der Waals surface area contributed by atoms with E-state index >= 15 is 0 Å². The molecule has 1 aliphatic rings. The molecule has 0 spiro atoms. The zero-order valence-corrected chi connectivity index (χ0v) is 15.3. The van der Waals surface area contributed by atoms with Crippen LogP contribution in [0, 0.1) is 13.8 Å². The van der Waals surface area contributed by atoms with Gasteiger partial charge >= 0.3 is 0 Å². The molecule has 1 aromatic rings. The second-order valence-corrected chi connectivity index (χ2v) is 6.85. The number of imide groups is 1. The van der Waals surface area contributed by atoms with E-state index in [4.69, 9.17) is 0 Å².